The van der Waals surface area contributed by atoms with Crippen LogP contribution in [-0.4, -0.2) is 28.8 Å². The van der Waals surface area contributed by atoms with E-state index in [0.717, 1.165) is 12.2 Å². The number of rotatable bonds is 2. The Bertz CT molecular complexity index is 308. The second-order valence-corrected chi connectivity index (χ2v) is 4.94. The topological polar surface area (TPSA) is 46.3 Å². The molecule has 1 aliphatic carbocycles. The molecule has 4 atom stereocenters. The van der Waals surface area contributed by atoms with Gasteiger partial charge in [0.15, 0.2) is 5.78 Å². The summed E-state index contributed by atoms with van der Waals surface area (Å²) in [6.45, 7) is 10.5. The number of hydrogen-bond donors (Lipinski definition) is 1. The Morgan fingerprint density at radius 3 is 2.57 bits per heavy atom. The van der Waals surface area contributed by atoms with Gasteiger partial charge in [0, 0.05) is 29.6 Å². The normalized spacial score (nSPS) is 44.9. The molecule has 1 saturated carbocycles. The minimum absolute atomic E-state index is 0.0208. The molecule has 2 fully saturated rings. The highest BCUT2D eigenvalue weighted by atomic mass is 16.1. The molecule has 0 bridgehead atoms. The molecule has 1 saturated heterocycles. The summed E-state index contributed by atoms with van der Waals surface area (Å²) in [6, 6.07) is -0.0208. The van der Waals surface area contributed by atoms with Crippen LogP contribution in [0.25, 0.3) is 0 Å². The van der Waals surface area contributed by atoms with Crippen molar-refractivity contribution in [3.63, 3.8) is 0 Å². The Morgan fingerprint density at radius 1 is 1.57 bits per heavy atom. The minimum atomic E-state index is -0.123. The monoisotopic (exact) mass is 194 g/mol. The van der Waals surface area contributed by atoms with Crippen LogP contribution in [0.15, 0.2) is 12.3 Å². The Hall–Kier alpha value is -0.830. The van der Waals surface area contributed by atoms with E-state index in [1.54, 1.807) is 6.92 Å². The molecule has 3 unspecified atom stereocenters. The SMILES string of the molecule is C=C(C)N1CC2C([C@H]1C(C)=O)C2(C)N. The summed E-state index contributed by atoms with van der Waals surface area (Å²) in [6.07, 6.45) is 0. The maximum absolute atomic E-state index is 11.5. The lowest BCUT2D eigenvalue weighted by Crippen LogP contribution is -2.44. The van der Waals surface area contributed by atoms with Crippen molar-refractivity contribution in [2.24, 2.45) is 17.6 Å². The van der Waals surface area contributed by atoms with E-state index in [1.807, 2.05) is 13.8 Å². The Kier molecular flexibility index (Phi) is 1.80. The van der Waals surface area contributed by atoms with Crippen molar-refractivity contribution in [2.75, 3.05) is 6.54 Å². The van der Waals surface area contributed by atoms with Crippen molar-refractivity contribution < 1.29 is 4.79 Å². The first-order valence-corrected chi connectivity index (χ1v) is 5.09. The van der Waals surface area contributed by atoms with E-state index in [-0.39, 0.29) is 17.4 Å². The third kappa shape index (κ3) is 1.05. The molecule has 3 nitrogen and oxygen atoms in total. The van der Waals surface area contributed by atoms with Crippen molar-refractivity contribution in [3.05, 3.63) is 12.3 Å². The second kappa shape index (κ2) is 2.60. The maximum Gasteiger partial charge on any atom is 0.152 e. The molecular formula is C11H18N2O. The largest absolute Gasteiger partial charge is 0.365 e. The number of fused-ring (bicyclic) bond motifs is 1. The number of piperidine rings is 1. The standard InChI is InChI=1S/C11H18N2O/c1-6(2)13-5-8-9(11(8,4)12)10(13)7(3)14/h8-10H,1,5,12H2,2-4H3/t8?,9?,10-,11?/m1/s1. The maximum atomic E-state index is 11.5. The molecule has 1 aliphatic heterocycles. The van der Waals surface area contributed by atoms with E-state index >= 15 is 0 Å². The van der Waals surface area contributed by atoms with Crippen molar-refractivity contribution in [2.45, 2.75) is 32.4 Å². The number of carbonyl (C=O) groups is 1. The van der Waals surface area contributed by atoms with Gasteiger partial charge in [0.25, 0.3) is 0 Å². The van der Waals surface area contributed by atoms with Gasteiger partial charge in [-0.15, -0.1) is 0 Å². The predicted molar refractivity (Wildman–Crippen MR) is 55.6 cm³/mol. The summed E-state index contributed by atoms with van der Waals surface area (Å²) in [5, 5.41) is 0. The number of Topliss-reactive ketones (excluding diaryl/α,β-unsaturated/α-hetero) is 1. The van der Waals surface area contributed by atoms with Gasteiger partial charge in [0.2, 0.25) is 0 Å². The average molecular weight is 194 g/mol. The fraction of sp³-hybridized carbons (Fsp3) is 0.727. The molecule has 0 spiro atoms. The van der Waals surface area contributed by atoms with E-state index < -0.39 is 0 Å². The van der Waals surface area contributed by atoms with Gasteiger partial charge in [-0.1, -0.05) is 6.58 Å². The van der Waals surface area contributed by atoms with E-state index in [9.17, 15) is 4.79 Å². The van der Waals surface area contributed by atoms with Crippen LogP contribution in [0.1, 0.15) is 20.8 Å². The lowest BCUT2D eigenvalue weighted by atomic mass is 10.0. The van der Waals surface area contributed by atoms with Crippen LogP contribution >= 0.6 is 0 Å². The summed E-state index contributed by atoms with van der Waals surface area (Å²) in [5.74, 6) is 1.04. The Morgan fingerprint density at radius 2 is 2.14 bits per heavy atom. The smallest absolute Gasteiger partial charge is 0.152 e. The van der Waals surface area contributed by atoms with Crippen LogP contribution < -0.4 is 5.73 Å². The highest BCUT2D eigenvalue weighted by Gasteiger charge is 2.68. The number of nitrogens with two attached hydrogens (primary N) is 1. The average Bonchev–Trinajstić information content (AvgIpc) is 2.47. The molecule has 2 aliphatic rings. The van der Waals surface area contributed by atoms with Gasteiger partial charge in [0.05, 0.1) is 6.04 Å². The van der Waals surface area contributed by atoms with Gasteiger partial charge < -0.3 is 10.6 Å². The zero-order valence-corrected chi connectivity index (χ0v) is 9.08. The number of ketones is 1. The number of nitrogens with zero attached hydrogens (tertiary/aromatic N) is 1. The first kappa shape index (κ1) is 9.71. The zero-order chi connectivity index (χ0) is 10.7. The van der Waals surface area contributed by atoms with Crippen molar-refractivity contribution in [1.82, 2.24) is 4.90 Å². The third-order valence-electron chi connectivity index (χ3n) is 3.82. The predicted octanol–water partition coefficient (Wildman–Crippen LogP) is 0.757. The molecule has 0 aromatic heterocycles. The second-order valence-electron chi connectivity index (χ2n) is 4.94. The Balaban J connectivity index is 2.23. The first-order chi connectivity index (χ1) is 6.37. The van der Waals surface area contributed by atoms with Crippen molar-refractivity contribution in [3.8, 4) is 0 Å². The van der Waals surface area contributed by atoms with E-state index in [2.05, 4.69) is 11.5 Å². The van der Waals surface area contributed by atoms with Crippen LogP contribution in [0.4, 0.5) is 0 Å². The fourth-order valence-electron chi connectivity index (χ4n) is 2.92. The van der Waals surface area contributed by atoms with Gasteiger partial charge in [-0.05, 0) is 20.8 Å². The van der Waals surface area contributed by atoms with Gasteiger partial charge in [-0.2, -0.15) is 0 Å². The van der Waals surface area contributed by atoms with E-state index in [4.69, 9.17) is 5.73 Å². The van der Waals surface area contributed by atoms with E-state index in [0.29, 0.717) is 11.8 Å². The van der Waals surface area contributed by atoms with Crippen molar-refractivity contribution >= 4 is 5.78 Å². The molecule has 0 aromatic rings. The molecule has 0 amide bonds. The number of hydrogen-bond acceptors (Lipinski definition) is 3. The number of allylic oxidation sites excluding steroid dienone is 1. The van der Waals surface area contributed by atoms with Crippen LogP contribution in [0, 0.1) is 11.8 Å². The van der Waals surface area contributed by atoms with E-state index in [1.165, 1.54) is 0 Å². The lowest BCUT2D eigenvalue weighted by Gasteiger charge is -2.30. The zero-order valence-electron chi connectivity index (χ0n) is 9.08. The third-order valence-corrected chi connectivity index (χ3v) is 3.82. The minimum Gasteiger partial charge on any atom is -0.365 e. The van der Waals surface area contributed by atoms with Gasteiger partial charge in [-0.3, -0.25) is 4.79 Å². The van der Waals surface area contributed by atoms with Gasteiger partial charge in [-0.25, -0.2) is 0 Å². The molecule has 2 rings (SSSR count). The summed E-state index contributed by atoms with van der Waals surface area (Å²) < 4.78 is 0. The van der Waals surface area contributed by atoms with Crippen LogP contribution in [0.3, 0.4) is 0 Å². The fourth-order valence-corrected chi connectivity index (χ4v) is 2.92. The molecule has 1 heterocycles. The highest BCUT2D eigenvalue weighted by Crippen LogP contribution is 2.57. The van der Waals surface area contributed by atoms with Gasteiger partial charge in [0.1, 0.15) is 0 Å². The molecule has 3 heteroatoms. The quantitative estimate of drug-likeness (QED) is 0.706. The van der Waals surface area contributed by atoms with Crippen LogP contribution in [0.5, 0.6) is 0 Å². The van der Waals surface area contributed by atoms with Crippen LogP contribution in [0.2, 0.25) is 0 Å². The summed E-state index contributed by atoms with van der Waals surface area (Å²) in [4.78, 5) is 13.7. The highest BCUT2D eigenvalue weighted by molar-refractivity contribution is 5.83. The van der Waals surface area contributed by atoms with Gasteiger partial charge >= 0.3 is 0 Å². The molecule has 2 N–H and O–H groups in total. The molecule has 0 aromatic carbocycles. The van der Waals surface area contributed by atoms with Crippen LogP contribution in [-0.2, 0) is 4.79 Å². The molecule has 78 valence electrons. The molecular weight excluding hydrogens is 176 g/mol. The first-order valence-electron chi connectivity index (χ1n) is 5.09. The number of carbonyl (C=O) groups excluding carboxylic acids is 1. The lowest BCUT2D eigenvalue weighted by molar-refractivity contribution is -0.121. The summed E-state index contributed by atoms with van der Waals surface area (Å²) >= 11 is 0. The molecule has 0 radical (unpaired) electrons. The summed E-state index contributed by atoms with van der Waals surface area (Å²) in [7, 11) is 0. The molecule has 14 heavy (non-hydrogen) atoms. The summed E-state index contributed by atoms with van der Waals surface area (Å²) in [5.41, 5.74) is 6.95. The Labute approximate surface area is 84.9 Å². The van der Waals surface area contributed by atoms with Crippen molar-refractivity contribution in [1.29, 1.82) is 0 Å². The number of likely N-dealkylation sites (tertiary alicyclic amines) is 1.